The first-order valence-corrected chi connectivity index (χ1v) is 13.1. The predicted molar refractivity (Wildman–Crippen MR) is 137 cm³/mol. The fourth-order valence-electron chi connectivity index (χ4n) is 5.68. The van der Waals surface area contributed by atoms with Crippen molar-refractivity contribution in [1.29, 1.82) is 0 Å². The smallest absolute Gasteiger partial charge is 0.317 e. The minimum atomic E-state index is -0.733. The molecule has 0 bridgehead atoms. The summed E-state index contributed by atoms with van der Waals surface area (Å²) in [5, 5.41) is 6.10. The summed E-state index contributed by atoms with van der Waals surface area (Å²) in [5.41, 5.74) is -0.0740. The van der Waals surface area contributed by atoms with Gasteiger partial charge in [0, 0.05) is 30.9 Å². The molecule has 4 rings (SSSR count). The summed E-state index contributed by atoms with van der Waals surface area (Å²) in [6, 6.07) is 9.84. The van der Waals surface area contributed by atoms with Crippen LogP contribution in [0.4, 0.5) is 10.5 Å². The number of nitrogens with zero attached hydrogens (tertiary/aromatic N) is 3. The predicted octanol–water partition coefficient (Wildman–Crippen LogP) is 3.33. The van der Waals surface area contributed by atoms with E-state index in [9.17, 15) is 14.4 Å². The van der Waals surface area contributed by atoms with Crippen molar-refractivity contribution < 1.29 is 14.4 Å². The van der Waals surface area contributed by atoms with Gasteiger partial charge in [-0.25, -0.2) is 4.79 Å². The highest BCUT2D eigenvalue weighted by Crippen LogP contribution is 2.39. The Kier molecular flexibility index (Phi) is 7.57. The number of para-hydroxylation sites is 1. The first kappa shape index (κ1) is 25.3. The number of piperidine rings is 1. The van der Waals surface area contributed by atoms with Gasteiger partial charge in [-0.05, 0) is 64.5 Å². The second kappa shape index (κ2) is 10.5. The fraction of sp³-hybridized carbons (Fsp3) is 0.667. The quantitative estimate of drug-likeness (QED) is 0.673. The molecule has 1 aromatic rings. The average Bonchev–Trinajstić information content (AvgIpc) is 3.09. The van der Waals surface area contributed by atoms with Crippen molar-refractivity contribution in [2.45, 2.75) is 76.8 Å². The molecular weight excluding hydrogens is 442 g/mol. The lowest BCUT2D eigenvalue weighted by molar-refractivity contribution is -0.137. The summed E-state index contributed by atoms with van der Waals surface area (Å²) in [6.07, 6.45) is 7.20. The first-order chi connectivity index (χ1) is 16.7. The summed E-state index contributed by atoms with van der Waals surface area (Å²) in [5.74, 6) is 0.457. The molecule has 1 saturated carbocycles. The van der Waals surface area contributed by atoms with Crippen LogP contribution in [0, 0.1) is 5.92 Å². The van der Waals surface area contributed by atoms with Gasteiger partial charge in [0.1, 0.15) is 12.1 Å². The van der Waals surface area contributed by atoms with Gasteiger partial charge in [-0.15, -0.1) is 0 Å². The van der Waals surface area contributed by atoms with Crippen molar-refractivity contribution in [3.8, 4) is 0 Å². The highest BCUT2D eigenvalue weighted by Gasteiger charge is 2.54. The van der Waals surface area contributed by atoms with Gasteiger partial charge in [0.15, 0.2) is 0 Å². The number of carbonyl (C=O) groups excluding carboxylic acids is 3. The molecule has 0 radical (unpaired) electrons. The summed E-state index contributed by atoms with van der Waals surface area (Å²) in [7, 11) is 0. The number of hydrogen-bond donors (Lipinski definition) is 2. The summed E-state index contributed by atoms with van der Waals surface area (Å²) >= 11 is 0. The monoisotopic (exact) mass is 483 g/mol. The maximum Gasteiger partial charge on any atom is 0.317 e. The minimum absolute atomic E-state index is 0.00921. The van der Waals surface area contributed by atoms with Crippen LogP contribution in [0.5, 0.6) is 0 Å². The van der Waals surface area contributed by atoms with Crippen molar-refractivity contribution in [2.24, 2.45) is 5.92 Å². The number of nitrogens with one attached hydrogen (secondary N) is 2. The summed E-state index contributed by atoms with van der Waals surface area (Å²) < 4.78 is 0. The molecule has 1 aromatic carbocycles. The topological polar surface area (TPSA) is 85.0 Å². The molecule has 2 heterocycles. The van der Waals surface area contributed by atoms with E-state index in [-0.39, 0.29) is 29.9 Å². The van der Waals surface area contributed by atoms with E-state index in [1.54, 1.807) is 9.80 Å². The van der Waals surface area contributed by atoms with E-state index in [4.69, 9.17) is 0 Å². The van der Waals surface area contributed by atoms with Crippen LogP contribution in [0.3, 0.4) is 0 Å². The summed E-state index contributed by atoms with van der Waals surface area (Å²) in [6.45, 7) is 8.05. The van der Waals surface area contributed by atoms with Gasteiger partial charge < -0.3 is 25.3 Å². The number of rotatable bonds is 5. The van der Waals surface area contributed by atoms with Crippen molar-refractivity contribution >= 4 is 23.5 Å². The second-order valence-electron chi connectivity index (χ2n) is 11.4. The Morgan fingerprint density at radius 3 is 2.31 bits per heavy atom. The largest absolute Gasteiger partial charge is 0.354 e. The van der Waals surface area contributed by atoms with E-state index in [0.717, 1.165) is 5.69 Å². The lowest BCUT2D eigenvalue weighted by atomic mass is 9.85. The minimum Gasteiger partial charge on any atom is -0.354 e. The molecule has 8 heteroatoms. The van der Waals surface area contributed by atoms with Crippen LogP contribution in [0.1, 0.15) is 65.7 Å². The molecule has 4 amide bonds. The van der Waals surface area contributed by atoms with Crippen LogP contribution in [-0.2, 0) is 9.59 Å². The molecule has 1 spiro atoms. The Morgan fingerprint density at radius 1 is 1.03 bits per heavy atom. The molecule has 0 aromatic heterocycles. The number of amides is 4. The van der Waals surface area contributed by atoms with Crippen LogP contribution in [0.25, 0.3) is 0 Å². The fourth-order valence-corrected chi connectivity index (χ4v) is 5.68. The van der Waals surface area contributed by atoms with Gasteiger partial charge in [0.25, 0.3) is 5.91 Å². The van der Waals surface area contributed by atoms with E-state index in [1.165, 1.54) is 32.1 Å². The Hall–Kier alpha value is -2.77. The van der Waals surface area contributed by atoms with E-state index in [1.807, 2.05) is 51.1 Å². The van der Waals surface area contributed by atoms with Gasteiger partial charge >= 0.3 is 6.03 Å². The number of anilines is 1. The molecule has 3 aliphatic rings. The van der Waals surface area contributed by atoms with Gasteiger partial charge in [-0.1, -0.05) is 37.5 Å². The molecule has 3 fully saturated rings. The zero-order valence-electron chi connectivity index (χ0n) is 21.5. The number of likely N-dealkylation sites (tertiary alicyclic amines) is 1. The Labute approximate surface area is 209 Å². The number of carbonyl (C=O) groups is 3. The lowest BCUT2D eigenvalue weighted by Gasteiger charge is -2.43. The van der Waals surface area contributed by atoms with Crippen molar-refractivity contribution in [3.05, 3.63) is 30.3 Å². The Balaban J connectivity index is 1.44. The van der Waals surface area contributed by atoms with Crippen molar-refractivity contribution in [1.82, 2.24) is 20.4 Å². The van der Waals surface area contributed by atoms with Crippen molar-refractivity contribution in [3.63, 3.8) is 0 Å². The zero-order valence-corrected chi connectivity index (χ0v) is 21.5. The SMILES string of the molecule is CC(C)(C)NC(=O)N1CCC2(CC1)C(=O)N(CC(=O)NCC1CCCCC1)CN2c1ccccc1. The summed E-state index contributed by atoms with van der Waals surface area (Å²) in [4.78, 5) is 44.9. The average molecular weight is 484 g/mol. The number of hydrogen-bond acceptors (Lipinski definition) is 4. The maximum absolute atomic E-state index is 13.8. The van der Waals surface area contributed by atoms with E-state index in [0.29, 0.717) is 45.1 Å². The van der Waals surface area contributed by atoms with Crippen molar-refractivity contribution in [2.75, 3.05) is 37.7 Å². The molecule has 0 atom stereocenters. The highest BCUT2D eigenvalue weighted by atomic mass is 16.2. The van der Waals surface area contributed by atoms with Crippen LogP contribution in [0.15, 0.2) is 30.3 Å². The lowest BCUT2D eigenvalue weighted by Crippen LogP contribution is -2.59. The highest BCUT2D eigenvalue weighted by molar-refractivity contribution is 5.96. The van der Waals surface area contributed by atoms with E-state index in [2.05, 4.69) is 15.5 Å². The van der Waals surface area contributed by atoms with Gasteiger partial charge in [-0.3, -0.25) is 9.59 Å². The molecular formula is C27H41N5O3. The third-order valence-corrected chi connectivity index (χ3v) is 7.59. The maximum atomic E-state index is 13.8. The van der Waals surface area contributed by atoms with Crippen LogP contribution < -0.4 is 15.5 Å². The van der Waals surface area contributed by atoms with Crippen LogP contribution in [-0.4, -0.2) is 71.6 Å². The molecule has 192 valence electrons. The normalized spacial score (nSPS) is 20.9. The second-order valence-corrected chi connectivity index (χ2v) is 11.4. The van der Waals surface area contributed by atoms with Gasteiger partial charge in [0.05, 0.1) is 6.67 Å². The Bertz CT molecular complexity index is 899. The third-order valence-electron chi connectivity index (χ3n) is 7.59. The molecule has 2 aliphatic heterocycles. The molecule has 0 unspecified atom stereocenters. The van der Waals surface area contributed by atoms with Gasteiger partial charge in [0.2, 0.25) is 5.91 Å². The molecule has 2 saturated heterocycles. The van der Waals surface area contributed by atoms with Crippen LogP contribution >= 0.6 is 0 Å². The molecule has 2 N–H and O–H groups in total. The standard InChI is InChI=1S/C27H41N5O3/c1-26(2,3)29-25(35)30-16-14-27(15-17-30)24(34)31(20-32(27)22-12-8-5-9-13-22)19-23(33)28-18-21-10-6-4-7-11-21/h5,8-9,12-13,21H,4,6-7,10-11,14-20H2,1-3H3,(H,28,33)(H,29,35). The van der Waals surface area contributed by atoms with E-state index >= 15 is 0 Å². The van der Waals surface area contributed by atoms with Gasteiger partial charge in [-0.2, -0.15) is 0 Å². The number of urea groups is 1. The van der Waals surface area contributed by atoms with Crippen LogP contribution in [0.2, 0.25) is 0 Å². The molecule has 35 heavy (non-hydrogen) atoms. The number of benzene rings is 1. The molecule has 1 aliphatic carbocycles. The third kappa shape index (κ3) is 5.90. The molecule has 8 nitrogen and oxygen atoms in total. The van der Waals surface area contributed by atoms with E-state index < -0.39 is 5.54 Å². The Morgan fingerprint density at radius 2 is 1.69 bits per heavy atom. The first-order valence-electron chi connectivity index (χ1n) is 13.1. The zero-order chi connectivity index (χ0) is 25.1.